The SMILES string of the molecule is CC1(C)CC[C@]2(C(=O)O)[C@H](O)C[C@@]3(C)C(=CC[C@@H]4[C@@]5(C)CC[C@H](O[C@@H]6O[C@H](C(=O)O)[C@H](O)[C@H](O[C@@H]7OC[C@H](O)[C@H](O)[C@@H]7O)[C@@H]6O[C@@H]6O[C@H](CO)[C@H](O)[C@H](O)[C@@H]6O)[C@@](C)(C=O)[C@@H]5CC[C@]43C)[C@@H]2C1. The third kappa shape index (κ3) is 7.78. The highest BCUT2D eigenvalue weighted by molar-refractivity contribution is 5.78. The maximum absolute atomic E-state index is 13.8. The van der Waals surface area contributed by atoms with Gasteiger partial charge < -0.3 is 89.4 Å². The molecule has 0 bridgehead atoms. The summed E-state index contributed by atoms with van der Waals surface area (Å²) in [6, 6.07) is 0. The van der Waals surface area contributed by atoms with Crippen LogP contribution in [0.1, 0.15) is 99.3 Å². The predicted octanol–water partition coefficient (Wildman–Crippen LogP) is -0.413. The lowest BCUT2D eigenvalue weighted by atomic mass is 9.33. The lowest BCUT2D eigenvalue weighted by Crippen LogP contribution is -2.69. The van der Waals surface area contributed by atoms with Gasteiger partial charge in [0.05, 0.1) is 30.8 Å². The summed E-state index contributed by atoms with van der Waals surface area (Å²) in [5.74, 6) is -3.36. The maximum Gasteiger partial charge on any atom is 0.335 e. The van der Waals surface area contributed by atoms with Crippen LogP contribution in [-0.2, 0) is 42.8 Å². The Bertz CT molecular complexity index is 1910. The summed E-state index contributed by atoms with van der Waals surface area (Å²) < 4.78 is 35.9. The molecule has 8 rings (SSSR count). The number of aliphatic hydroxyl groups excluding tert-OH is 9. The monoisotopic (exact) mass is 956 g/mol. The molecule has 380 valence electrons. The van der Waals surface area contributed by atoms with Gasteiger partial charge in [-0.1, -0.05) is 53.2 Å². The van der Waals surface area contributed by atoms with Gasteiger partial charge in [0.1, 0.15) is 72.7 Å². The second kappa shape index (κ2) is 17.8. The molecule has 0 spiro atoms. The van der Waals surface area contributed by atoms with E-state index >= 15 is 0 Å². The van der Waals surface area contributed by atoms with Gasteiger partial charge in [0.25, 0.3) is 0 Å². The van der Waals surface area contributed by atoms with Crippen LogP contribution in [0.2, 0.25) is 0 Å². The van der Waals surface area contributed by atoms with Crippen LogP contribution in [0.25, 0.3) is 0 Å². The van der Waals surface area contributed by atoms with Crippen molar-refractivity contribution in [2.75, 3.05) is 13.2 Å². The molecule has 20 heteroatoms. The zero-order valence-corrected chi connectivity index (χ0v) is 39.0. The van der Waals surface area contributed by atoms with Crippen LogP contribution in [0.15, 0.2) is 11.6 Å². The van der Waals surface area contributed by atoms with Gasteiger partial charge in [0.15, 0.2) is 25.0 Å². The second-order valence-electron chi connectivity index (χ2n) is 22.8. The molecule has 0 aromatic rings. The largest absolute Gasteiger partial charge is 0.481 e. The molecule has 4 saturated carbocycles. The van der Waals surface area contributed by atoms with E-state index in [2.05, 4.69) is 40.7 Å². The van der Waals surface area contributed by atoms with Crippen molar-refractivity contribution in [2.24, 2.45) is 50.2 Å². The third-order valence-electron chi connectivity index (χ3n) is 18.9. The van der Waals surface area contributed by atoms with E-state index in [0.29, 0.717) is 44.9 Å². The highest BCUT2D eigenvalue weighted by Crippen LogP contribution is 2.76. The minimum absolute atomic E-state index is 0.0258. The molecule has 3 aliphatic heterocycles. The van der Waals surface area contributed by atoms with Crippen LogP contribution in [0.3, 0.4) is 0 Å². The minimum atomic E-state index is -2.14. The molecular formula is C47H72O20. The summed E-state index contributed by atoms with van der Waals surface area (Å²) in [7, 11) is 0. The van der Waals surface area contributed by atoms with Crippen molar-refractivity contribution in [3.63, 3.8) is 0 Å². The van der Waals surface area contributed by atoms with Crippen molar-refractivity contribution in [1.82, 2.24) is 0 Å². The Kier molecular flexibility index (Phi) is 13.6. The first-order valence-electron chi connectivity index (χ1n) is 23.8. The molecule has 0 amide bonds. The molecule has 0 unspecified atom stereocenters. The molecule has 0 radical (unpaired) electrons. The number of ether oxygens (including phenoxy) is 6. The molecule has 8 aliphatic rings. The Hall–Kier alpha value is -2.25. The summed E-state index contributed by atoms with van der Waals surface area (Å²) in [4.78, 5) is 39.8. The highest BCUT2D eigenvalue weighted by atomic mass is 16.8. The molecule has 24 atom stereocenters. The molecule has 3 heterocycles. The number of carboxylic acids is 2. The van der Waals surface area contributed by atoms with E-state index in [9.17, 15) is 70.6 Å². The first-order valence-corrected chi connectivity index (χ1v) is 23.8. The first kappa shape index (κ1) is 51.1. The molecule has 7 fully saturated rings. The van der Waals surface area contributed by atoms with Crippen LogP contribution in [0, 0.1) is 50.2 Å². The summed E-state index contributed by atoms with van der Waals surface area (Å²) in [6.07, 6.45) is -20.5. The number of carbonyl (C=O) groups excluding carboxylic acids is 1. The van der Waals surface area contributed by atoms with Gasteiger partial charge in [-0.15, -0.1) is 0 Å². The topological polar surface area (TPSA) is 329 Å². The number of carbonyl (C=O) groups is 3. The number of fused-ring (bicyclic) bond motifs is 7. The summed E-state index contributed by atoms with van der Waals surface area (Å²) >= 11 is 0. The van der Waals surface area contributed by atoms with Crippen LogP contribution < -0.4 is 0 Å². The second-order valence-corrected chi connectivity index (χ2v) is 22.8. The maximum atomic E-state index is 13.8. The fourth-order valence-electron chi connectivity index (χ4n) is 14.8. The van der Waals surface area contributed by atoms with E-state index in [-0.39, 0.29) is 36.0 Å². The Morgan fingerprint density at radius 1 is 0.731 bits per heavy atom. The van der Waals surface area contributed by atoms with Crippen molar-refractivity contribution in [1.29, 1.82) is 0 Å². The lowest BCUT2D eigenvalue weighted by molar-refractivity contribution is -0.391. The van der Waals surface area contributed by atoms with Crippen LogP contribution >= 0.6 is 0 Å². The Balaban J connectivity index is 1.13. The van der Waals surface area contributed by atoms with Gasteiger partial charge in [-0.25, -0.2) is 4.79 Å². The predicted molar refractivity (Wildman–Crippen MR) is 227 cm³/mol. The van der Waals surface area contributed by atoms with Crippen LogP contribution in [0.4, 0.5) is 0 Å². The molecular weight excluding hydrogens is 884 g/mol. The number of carboxylic acid groups (broad SMARTS) is 2. The third-order valence-corrected chi connectivity index (χ3v) is 18.9. The van der Waals surface area contributed by atoms with E-state index in [1.165, 1.54) is 0 Å². The molecule has 5 aliphatic carbocycles. The normalized spacial score (nSPS) is 54.0. The van der Waals surface area contributed by atoms with Gasteiger partial charge >= 0.3 is 11.9 Å². The minimum Gasteiger partial charge on any atom is -0.481 e. The van der Waals surface area contributed by atoms with Gasteiger partial charge in [-0.05, 0) is 97.2 Å². The quantitative estimate of drug-likeness (QED) is 0.0753. The van der Waals surface area contributed by atoms with Gasteiger partial charge in [0.2, 0.25) is 0 Å². The van der Waals surface area contributed by atoms with Gasteiger partial charge in [0, 0.05) is 0 Å². The van der Waals surface area contributed by atoms with Gasteiger partial charge in [-0.3, -0.25) is 4.79 Å². The van der Waals surface area contributed by atoms with Crippen molar-refractivity contribution >= 4 is 18.2 Å². The van der Waals surface area contributed by atoms with E-state index in [4.69, 9.17) is 28.4 Å². The zero-order chi connectivity index (χ0) is 49.1. The smallest absolute Gasteiger partial charge is 0.335 e. The van der Waals surface area contributed by atoms with E-state index in [1.54, 1.807) is 6.92 Å². The average Bonchev–Trinajstić information content (AvgIpc) is 3.26. The van der Waals surface area contributed by atoms with E-state index in [0.717, 1.165) is 11.9 Å². The van der Waals surface area contributed by atoms with Crippen molar-refractivity contribution in [3.8, 4) is 0 Å². The van der Waals surface area contributed by atoms with Crippen LogP contribution in [-0.4, -0.2) is 186 Å². The average molecular weight is 957 g/mol. The van der Waals surface area contributed by atoms with Crippen LogP contribution in [0.5, 0.6) is 0 Å². The van der Waals surface area contributed by atoms with E-state index < -0.39 is 150 Å². The molecule has 3 saturated heterocycles. The fourth-order valence-corrected chi connectivity index (χ4v) is 14.8. The Morgan fingerprint density at radius 2 is 1.40 bits per heavy atom. The molecule has 67 heavy (non-hydrogen) atoms. The van der Waals surface area contributed by atoms with Crippen molar-refractivity contribution < 1.29 is 99.0 Å². The summed E-state index contributed by atoms with van der Waals surface area (Å²) in [6.45, 7) is 11.3. The van der Waals surface area contributed by atoms with Crippen molar-refractivity contribution in [3.05, 3.63) is 11.6 Å². The standard InChI is InChI=1S/C47H72O20/c1-42(2)13-14-47(41(60)61)21(15-42)20-7-8-25-43(3)11-10-27(44(4,19-49)24(43)9-12-45(25,5)46(20,6)16-26(47)51)64-40-36(67-39-32(56)30(54)29(53)23(17-48)63-39)34(33(57)35(66-40)37(58)59)65-38-31(55)28(52)22(50)18-62-38/h7,19,21-36,38-40,48,50-57H,8-18H2,1-6H3,(H,58,59)(H,60,61)/t21-,22-,23+,24+,25+,26+,27-,28-,29-,30-,31-,32-,33+,34-,35-,36-,38-,39-,40+,43-,44-,45+,46-,47+/m0/s1. The van der Waals surface area contributed by atoms with Gasteiger partial charge in [-0.2, -0.15) is 0 Å². The zero-order valence-electron chi connectivity index (χ0n) is 39.0. The molecule has 0 aromatic carbocycles. The number of hydrogen-bond acceptors (Lipinski definition) is 18. The Morgan fingerprint density at radius 3 is 2.04 bits per heavy atom. The Labute approximate surface area is 389 Å². The first-order chi connectivity index (χ1) is 31.3. The van der Waals surface area contributed by atoms with E-state index in [1.807, 2.05) is 0 Å². The summed E-state index contributed by atoms with van der Waals surface area (Å²) in [5.41, 5.74) is -3.10. The molecule has 0 aromatic heterocycles. The molecule has 20 nitrogen and oxygen atoms in total. The highest BCUT2D eigenvalue weighted by Gasteiger charge is 2.72. The lowest BCUT2D eigenvalue weighted by Gasteiger charge is -2.71. The van der Waals surface area contributed by atoms with Crippen molar-refractivity contribution in [2.45, 2.75) is 198 Å². The summed E-state index contributed by atoms with van der Waals surface area (Å²) in [5, 5.41) is 118. The number of aliphatic hydroxyl groups is 9. The number of aliphatic carboxylic acids is 2. The number of hydrogen-bond donors (Lipinski definition) is 11. The fraction of sp³-hybridized carbons (Fsp3) is 0.894. The molecule has 11 N–H and O–H groups in total. The number of aldehydes is 1. The number of allylic oxidation sites excluding steroid dienone is 2. The number of rotatable bonds is 10.